The molecule has 3 heteroatoms. The molecule has 0 aliphatic rings. The number of ketones is 1. The molecule has 60 valence electrons. The molecule has 0 aliphatic carbocycles. The molecule has 3 nitrogen and oxygen atoms in total. The second kappa shape index (κ2) is 3.57. The predicted octanol–water partition coefficient (Wildman–Crippen LogP) is 1.55. The summed E-state index contributed by atoms with van der Waals surface area (Å²) >= 11 is 0. The van der Waals surface area contributed by atoms with Gasteiger partial charge in [-0.1, -0.05) is 30.3 Å². The third-order valence-electron chi connectivity index (χ3n) is 1.41. The first-order valence-electron chi connectivity index (χ1n) is 3.40. The molecule has 1 aromatic rings. The quantitative estimate of drug-likeness (QED) is 0.398. The van der Waals surface area contributed by atoms with Crippen molar-refractivity contribution in [3.63, 3.8) is 0 Å². The van der Waals surface area contributed by atoms with Crippen molar-refractivity contribution in [1.82, 2.24) is 0 Å². The number of Topliss-reactive ketones (excluding diaryl/α,β-unsaturated/α-hetero) is 1. The van der Waals surface area contributed by atoms with Gasteiger partial charge in [0.15, 0.2) is 5.84 Å². The third kappa shape index (κ3) is 1.63. The third-order valence-corrected chi connectivity index (χ3v) is 1.41. The lowest BCUT2D eigenvalue weighted by atomic mass is 10.1. The lowest BCUT2D eigenvalue weighted by Crippen LogP contribution is -2.09. The minimum atomic E-state index is -0.398. The molecule has 0 fully saturated rings. The Kier molecular flexibility index (Phi) is 2.48. The van der Waals surface area contributed by atoms with E-state index in [1.807, 2.05) is 6.07 Å². The normalized spacial score (nSPS) is 9.00. The first-order valence-corrected chi connectivity index (χ1v) is 3.40. The van der Waals surface area contributed by atoms with Gasteiger partial charge in [-0.05, 0) is 6.72 Å². The molecule has 0 heterocycles. The maximum atomic E-state index is 11.2. The fourth-order valence-corrected chi connectivity index (χ4v) is 0.798. The summed E-state index contributed by atoms with van der Waals surface area (Å²) in [5, 5.41) is 7.10. The fraction of sp³-hybridized carbons (Fsp3) is 0. The molecule has 0 bridgehead atoms. The molecule has 0 saturated carbocycles. The fourth-order valence-electron chi connectivity index (χ4n) is 0.798. The lowest BCUT2D eigenvalue weighted by Gasteiger charge is -1.95. The van der Waals surface area contributed by atoms with Gasteiger partial charge in [-0.25, -0.2) is 4.99 Å². The molecule has 0 aliphatic heterocycles. The van der Waals surface area contributed by atoms with Gasteiger partial charge < -0.3 is 0 Å². The van der Waals surface area contributed by atoms with Crippen molar-refractivity contribution in [2.45, 2.75) is 0 Å². The number of nitrogens with one attached hydrogen (secondary N) is 1. The minimum Gasteiger partial charge on any atom is -0.285 e. The van der Waals surface area contributed by atoms with Gasteiger partial charge in [0.25, 0.3) is 0 Å². The Morgan fingerprint density at radius 3 is 2.42 bits per heavy atom. The summed E-state index contributed by atoms with van der Waals surface area (Å²) in [5.41, 5.74) is 0.468. The van der Waals surface area contributed by atoms with Crippen LogP contribution in [0.5, 0.6) is 0 Å². The lowest BCUT2D eigenvalue weighted by molar-refractivity contribution is 0.106. The highest BCUT2D eigenvalue weighted by molar-refractivity contribution is 6.44. The average Bonchev–Trinajstić information content (AvgIpc) is 2.17. The van der Waals surface area contributed by atoms with Gasteiger partial charge in [-0.2, -0.15) is 0 Å². The second-order valence-electron chi connectivity index (χ2n) is 2.20. The molecule has 12 heavy (non-hydrogen) atoms. The van der Waals surface area contributed by atoms with Gasteiger partial charge in [-0.3, -0.25) is 10.2 Å². The molecule has 0 atom stereocenters. The van der Waals surface area contributed by atoms with Crippen LogP contribution in [0.1, 0.15) is 10.4 Å². The zero-order chi connectivity index (χ0) is 8.97. The van der Waals surface area contributed by atoms with Gasteiger partial charge in [0.1, 0.15) is 0 Å². The summed E-state index contributed by atoms with van der Waals surface area (Å²) in [4.78, 5) is 14.5. The molecule has 1 rings (SSSR count). The Morgan fingerprint density at radius 2 is 1.92 bits per heavy atom. The van der Waals surface area contributed by atoms with Gasteiger partial charge in [-0.15, -0.1) is 0 Å². The molecule has 0 aromatic heterocycles. The number of aliphatic imine (C=N–C) groups is 1. The molecule has 0 unspecified atom stereocenters. The molecule has 0 radical (unpaired) electrons. The van der Waals surface area contributed by atoms with E-state index in [1.165, 1.54) is 0 Å². The number of rotatable bonds is 2. The van der Waals surface area contributed by atoms with Crippen molar-refractivity contribution in [2.24, 2.45) is 4.99 Å². The topological polar surface area (TPSA) is 53.3 Å². The number of carbonyl (C=O) groups is 1. The summed E-state index contributed by atoms with van der Waals surface area (Å²) in [5.74, 6) is -0.716. The number of carbonyl (C=O) groups excluding carboxylic acids is 1. The van der Waals surface area contributed by atoms with E-state index in [2.05, 4.69) is 11.7 Å². The van der Waals surface area contributed by atoms with Gasteiger partial charge >= 0.3 is 0 Å². The predicted molar refractivity (Wildman–Crippen MR) is 48.0 cm³/mol. The summed E-state index contributed by atoms with van der Waals surface area (Å²) in [6.07, 6.45) is 0. The largest absolute Gasteiger partial charge is 0.285 e. The standard InChI is InChI=1S/C9H8N2O/c1-11-9(10)8(12)7-5-3-2-4-6-7/h2-6,10H,1H2. The summed E-state index contributed by atoms with van der Waals surface area (Å²) in [7, 11) is 0. The Bertz CT molecular complexity index is 317. The SMILES string of the molecule is C=NC(=N)C(=O)c1ccccc1. The molecule has 1 N–H and O–H groups in total. The van der Waals surface area contributed by atoms with Gasteiger partial charge in [0, 0.05) is 5.56 Å². The van der Waals surface area contributed by atoms with E-state index >= 15 is 0 Å². The van der Waals surface area contributed by atoms with Crippen LogP contribution in [0.3, 0.4) is 0 Å². The summed E-state index contributed by atoms with van der Waals surface area (Å²) < 4.78 is 0. The van der Waals surface area contributed by atoms with Crippen molar-refractivity contribution in [2.75, 3.05) is 0 Å². The highest BCUT2D eigenvalue weighted by Gasteiger charge is 2.08. The number of hydrogen-bond acceptors (Lipinski definition) is 2. The number of amidine groups is 1. The highest BCUT2D eigenvalue weighted by Crippen LogP contribution is 2.00. The van der Waals surface area contributed by atoms with E-state index in [9.17, 15) is 4.79 Å². The summed E-state index contributed by atoms with van der Waals surface area (Å²) in [6, 6.07) is 8.57. The van der Waals surface area contributed by atoms with Crippen molar-refractivity contribution < 1.29 is 4.79 Å². The molecule has 1 aromatic carbocycles. The van der Waals surface area contributed by atoms with Crippen LogP contribution in [0.15, 0.2) is 35.3 Å². The van der Waals surface area contributed by atoms with Crippen molar-refractivity contribution in [3.05, 3.63) is 35.9 Å². The highest BCUT2D eigenvalue weighted by atomic mass is 16.1. The van der Waals surface area contributed by atoms with E-state index in [1.54, 1.807) is 24.3 Å². The first-order chi connectivity index (χ1) is 5.75. The molecular weight excluding hydrogens is 152 g/mol. The first kappa shape index (κ1) is 8.33. The number of nitrogens with zero attached hydrogens (tertiary/aromatic N) is 1. The van der Waals surface area contributed by atoms with Gasteiger partial charge in [0.05, 0.1) is 0 Å². The smallest absolute Gasteiger partial charge is 0.229 e. The zero-order valence-electron chi connectivity index (χ0n) is 6.45. The van der Waals surface area contributed by atoms with Gasteiger partial charge in [0.2, 0.25) is 5.78 Å². The Balaban J connectivity index is 2.93. The van der Waals surface area contributed by atoms with Crippen LogP contribution >= 0.6 is 0 Å². The molecule has 0 saturated heterocycles. The van der Waals surface area contributed by atoms with Crippen LogP contribution in [0.2, 0.25) is 0 Å². The number of hydrogen-bond donors (Lipinski definition) is 1. The van der Waals surface area contributed by atoms with Crippen molar-refractivity contribution in [3.8, 4) is 0 Å². The molecule has 0 spiro atoms. The average molecular weight is 160 g/mol. The van der Waals surface area contributed by atoms with Crippen molar-refractivity contribution >= 4 is 18.3 Å². The second-order valence-corrected chi connectivity index (χ2v) is 2.20. The van der Waals surface area contributed by atoms with Crippen LogP contribution in [0.4, 0.5) is 0 Å². The van der Waals surface area contributed by atoms with E-state index in [4.69, 9.17) is 5.41 Å². The minimum absolute atomic E-state index is 0.318. The maximum absolute atomic E-state index is 11.2. The number of benzene rings is 1. The van der Waals surface area contributed by atoms with Crippen LogP contribution in [-0.4, -0.2) is 18.3 Å². The van der Waals surface area contributed by atoms with Crippen LogP contribution in [0.25, 0.3) is 0 Å². The zero-order valence-corrected chi connectivity index (χ0v) is 6.45. The van der Waals surface area contributed by atoms with Crippen molar-refractivity contribution in [1.29, 1.82) is 5.41 Å². The van der Waals surface area contributed by atoms with E-state index in [-0.39, 0.29) is 5.84 Å². The monoisotopic (exact) mass is 160 g/mol. The van der Waals surface area contributed by atoms with Crippen LogP contribution in [-0.2, 0) is 0 Å². The van der Waals surface area contributed by atoms with E-state index in [0.29, 0.717) is 5.56 Å². The van der Waals surface area contributed by atoms with E-state index in [0.717, 1.165) is 0 Å². The van der Waals surface area contributed by atoms with Crippen LogP contribution < -0.4 is 0 Å². The Labute approximate surface area is 70.3 Å². The Morgan fingerprint density at radius 1 is 1.33 bits per heavy atom. The van der Waals surface area contributed by atoms with E-state index < -0.39 is 5.78 Å². The molecular formula is C9H8N2O. The summed E-state index contributed by atoms with van der Waals surface area (Å²) in [6.45, 7) is 3.11. The molecule has 0 amide bonds. The Hall–Kier alpha value is -1.77. The maximum Gasteiger partial charge on any atom is 0.229 e. The van der Waals surface area contributed by atoms with Crippen LogP contribution in [0, 0.1) is 5.41 Å².